The molecule has 150 valence electrons. The molecule has 0 radical (unpaired) electrons. The van der Waals surface area contributed by atoms with Crippen molar-refractivity contribution in [1.82, 2.24) is 15.1 Å². The Labute approximate surface area is 165 Å². The van der Waals surface area contributed by atoms with Gasteiger partial charge in [-0.15, -0.1) is 0 Å². The topological polar surface area (TPSA) is 87.9 Å². The molecule has 0 saturated carbocycles. The Bertz CT molecular complexity index is 855. The fourth-order valence-electron chi connectivity index (χ4n) is 3.53. The lowest BCUT2D eigenvalue weighted by atomic mass is 10.0. The first-order valence-corrected chi connectivity index (χ1v) is 9.53. The van der Waals surface area contributed by atoms with Gasteiger partial charge < -0.3 is 25.6 Å². The van der Waals surface area contributed by atoms with Crippen LogP contribution in [0.2, 0.25) is 0 Å². The second-order valence-corrected chi connectivity index (χ2v) is 7.26. The molecule has 3 rings (SSSR count). The number of carbonyl (C=O) groups is 2. The average molecular weight is 384 g/mol. The number of methoxy groups -OCH3 is 1. The zero-order valence-electron chi connectivity index (χ0n) is 16.5. The number of likely N-dealkylation sites (tertiary alicyclic amines) is 1. The molecule has 1 heterocycles. The Kier molecular flexibility index (Phi) is 6.49. The van der Waals surface area contributed by atoms with Crippen molar-refractivity contribution in [3.8, 4) is 0 Å². The number of hydrogen-bond acceptors (Lipinski definition) is 5. The summed E-state index contributed by atoms with van der Waals surface area (Å²) in [4.78, 5) is 29.1. The Balaban J connectivity index is 1.60. The third-order valence-corrected chi connectivity index (χ3v) is 5.18. The van der Waals surface area contributed by atoms with Crippen LogP contribution < -0.4 is 11.1 Å². The number of nitrogen functional groups attached to an aromatic ring is 1. The van der Waals surface area contributed by atoms with Crippen molar-refractivity contribution in [3.63, 3.8) is 0 Å². The van der Waals surface area contributed by atoms with Crippen LogP contribution in [0.25, 0.3) is 10.8 Å². The molecule has 0 aromatic heterocycles. The molecule has 0 spiro atoms. The van der Waals surface area contributed by atoms with Gasteiger partial charge in [-0.25, -0.2) is 0 Å². The smallest absolute Gasteiger partial charge is 0.252 e. The molecule has 1 aliphatic rings. The molecule has 7 nitrogen and oxygen atoms in total. The minimum atomic E-state index is -0.180. The summed E-state index contributed by atoms with van der Waals surface area (Å²) in [5.74, 6) is -0.0966. The second-order valence-electron chi connectivity index (χ2n) is 7.26. The monoisotopic (exact) mass is 384 g/mol. The molecule has 2 aromatic rings. The van der Waals surface area contributed by atoms with E-state index in [4.69, 9.17) is 10.5 Å². The van der Waals surface area contributed by atoms with Gasteiger partial charge in [0.15, 0.2) is 0 Å². The normalized spacial score (nSPS) is 16.9. The van der Waals surface area contributed by atoms with Gasteiger partial charge in [0.25, 0.3) is 5.91 Å². The van der Waals surface area contributed by atoms with Crippen molar-refractivity contribution >= 4 is 28.3 Å². The van der Waals surface area contributed by atoms with Crippen molar-refractivity contribution in [2.75, 3.05) is 52.7 Å². The molecule has 3 N–H and O–H groups in total. The number of hydrogen-bond donors (Lipinski definition) is 2. The summed E-state index contributed by atoms with van der Waals surface area (Å²) >= 11 is 0. The van der Waals surface area contributed by atoms with E-state index in [1.807, 2.05) is 42.3 Å². The number of carbonyl (C=O) groups excluding carboxylic acids is 2. The Morgan fingerprint density at radius 1 is 1.25 bits per heavy atom. The summed E-state index contributed by atoms with van der Waals surface area (Å²) in [7, 11) is 3.68. The quantitative estimate of drug-likeness (QED) is 0.671. The molecule has 1 fully saturated rings. The SMILES string of the molecule is COCCN(C)CCN1CC(NC(=O)c2cccc3c(N)cccc23)CC1=O. The highest BCUT2D eigenvalue weighted by Gasteiger charge is 2.30. The highest BCUT2D eigenvalue weighted by molar-refractivity contribution is 6.09. The number of fused-ring (bicyclic) bond motifs is 1. The van der Waals surface area contributed by atoms with Crippen LogP contribution in [0, 0.1) is 0 Å². The van der Waals surface area contributed by atoms with Gasteiger partial charge in [-0.05, 0) is 24.6 Å². The Morgan fingerprint density at radius 3 is 2.79 bits per heavy atom. The zero-order chi connectivity index (χ0) is 20.1. The number of nitrogens with zero attached hydrogens (tertiary/aromatic N) is 2. The second kappa shape index (κ2) is 9.03. The van der Waals surface area contributed by atoms with E-state index in [0.29, 0.717) is 37.4 Å². The number of amides is 2. The first-order valence-electron chi connectivity index (χ1n) is 9.53. The average Bonchev–Trinajstić information content (AvgIpc) is 3.03. The first kappa shape index (κ1) is 20.1. The number of likely N-dealkylation sites (N-methyl/N-ethyl adjacent to an activating group) is 1. The molecule has 2 aromatic carbocycles. The van der Waals surface area contributed by atoms with Gasteiger partial charge >= 0.3 is 0 Å². The molecule has 1 atom stereocenters. The highest BCUT2D eigenvalue weighted by atomic mass is 16.5. The third kappa shape index (κ3) is 4.61. The maximum Gasteiger partial charge on any atom is 0.252 e. The van der Waals surface area contributed by atoms with Crippen LogP contribution in [0.1, 0.15) is 16.8 Å². The molecule has 1 unspecified atom stereocenters. The molecular formula is C21H28N4O3. The number of nitrogens with one attached hydrogen (secondary N) is 1. The summed E-state index contributed by atoms with van der Waals surface area (Å²) in [6.07, 6.45) is 0.334. The largest absolute Gasteiger partial charge is 0.398 e. The predicted octanol–water partition coefficient (Wildman–Crippen LogP) is 1.33. The molecule has 0 aliphatic carbocycles. The minimum Gasteiger partial charge on any atom is -0.398 e. The van der Waals surface area contributed by atoms with E-state index >= 15 is 0 Å². The van der Waals surface area contributed by atoms with Gasteiger partial charge in [-0.3, -0.25) is 9.59 Å². The van der Waals surface area contributed by atoms with E-state index in [1.54, 1.807) is 13.2 Å². The fourth-order valence-corrected chi connectivity index (χ4v) is 3.53. The van der Waals surface area contributed by atoms with E-state index in [9.17, 15) is 9.59 Å². The third-order valence-electron chi connectivity index (χ3n) is 5.18. The Hall–Kier alpha value is -2.64. The molecule has 1 aliphatic heterocycles. The fraction of sp³-hybridized carbons (Fsp3) is 0.429. The molecule has 2 amide bonds. The number of rotatable bonds is 8. The highest BCUT2D eigenvalue weighted by Crippen LogP contribution is 2.24. The lowest BCUT2D eigenvalue weighted by molar-refractivity contribution is -0.127. The first-order chi connectivity index (χ1) is 13.5. The predicted molar refractivity (Wildman–Crippen MR) is 110 cm³/mol. The van der Waals surface area contributed by atoms with Crippen molar-refractivity contribution in [2.45, 2.75) is 12.5 Å². The van der Waals surface area contributed by atoms with Crippen LogP contribution in [-0.2, 0) is 9.53 Å². The van der Waals surface area contributed by atoms with Crippen LogP contribution in [0.3, 0.4) is 0 Å². The zero-order valence-corrected chi connectivity index (χ0v) is 16.5. The summed E-state index contributed by atoms with van der Waals surface area (Å²) in [6.45, 7) is 3.45. The minimum absolute atomic E-state index is 0.0765. The summed E-state index contributed by atoms with van der Waals surface area (Å²) < 4.78 is 5.07. The molecule has 7 heteroatoms. The lowest BCUT2D eigenvalue weighted by Crippen LogP contribution is -2.39. The summed E-state index contributed by atoms with van der Waals surface area (Å²) in [6, 6.07) is 10.9. The van der Waals surface area contributed by atoms with Crippen molar-refractivity contribution in [1.29, 1.82) is 0 Å². The van der Waals surface area contributed by atoms with E-state index in [2.05, 4.69) is 10.2 Å². The van der Waals surface area contributed by atoms with Gasteiger partial charge in [0.05, 0.1) is 12.6 Å². The van der Waals surface area contributed by atoms with Gasteiger partial charge in [0.2, 0.25) is 5.91 Å². The van der Waals surface area contributed by atoms with E-state index in [0.717, 1.165) is 23.9 Å². The Morgan fingerprint density at radius 2 is 2.00 bits per heavy atom. The molecular weight excluding hydrogens is 356 g/mol. The van der Waals surface area contributed by atoms with E-state index in [-0.39, 0.29) is 17.9 Å². The van der Waals surface area contributed by atoms with Crippen LogP contribution in [0.5, 0.6) is 0 Å². The maximum absolute atomic E-state index is 12.8. The van der Waals surface area contributed by atoms with E-state index in [1.165, 1.54) is 0 Å². The molecule has 28 heavy (non-hydrogen) atoms. The van der Waals surface area contributed by atoms with Crippen molar-refractivity contribution < 1.29 is 14.3 Å². The number of ether oxygens (including phenoxy) is 1. The standard InChI is InChI=1S/C21H28N4O3/c1-24(11-12-28-2)9-10-25-14-15(13-20(25)26)23-21(27)18-7-3-6-17-16(18)5-4-8-19(17)22/h3-8,15H,9-14,22H2,1-2H3,(H,23,27). The number of benzene rings is 2. The van der Waals surface area contributed by atoms with Crippen molar-refractivity contribution in [2.24, 2.45) is 0 Å². The number of anilines is 1. The van der Waals surface area contributed by atoms with Crippen LogP contribution in [0.4, 0.5) is 5.69 Å². The van der Waals surface area contributed by atoms with Gasteiger partial charge in [-0.1, -0.05) is 24.3 Å². The maximum atomic E-state index is 12.8. The molecule has 0 bridgehead atoms. The van der Waals surface area contributed by atoms with Gasteiger partial charge in [0, 0.05) is 56.3 Å². The van der Waals surface area contributed by atoms with Crippen LogP contribution in [0.15, 0.2) is 36.4 Å². The summed E-state index contributed by atoms with van der Waals surface area (Å²) in [5.41, 5.74) is 7.24. The van der Waals surface area contributed by atoms with Gasteiger partial charge in [0.1, 0.15) is 0 Å². The number of nitrogens with two attached hydrogens (primary N) is 1. The van der Waals surface area contributed by atoms with Gasteiger partial charge in [-0.2, -0.15) is 0 Å². The van der Waals surface area contributed by atoms with E-state index < -0.39 is 0 Å². The summed E-state index contributed by atoms with van der Waals surface area (Å²) in [5, 5.41) is 4.69. The molecule has 1 saturated heterocycles. The lowest BCUT2D eigenvalue weighted by Gasteiger charge is -2.22. The van der Waals surface area contributed by atoms with Crippen LogP contribution >= 0.6 is 0 Å². The van der Waals surface area contributed by atoms with Crippen molar-refractivity contribution in [3.05, 3.63) is 42.0 Å². The van der Waals surface area contributed by atoms with Crippen LogP contribution in [-0.4, -0.2) is 74.6 Å².